The number of rotatable bonds is 8. The first-order valence-corrected chi connectivity index (χ1v) is 11.8. The molecule has 0 saturated carbocycles. The van der Waals surface area contributed by atoms with E-state index in [0.717, 1.165) is 30.0 Å². The van der Waals surface area contributed by atoms with E-state index in [0.29, 0.717) is 10.4 Å². The Hall–Kier alpha value is -4.06. The van der Waals surface area contributed by atoms with Gasteiger partial charge in [-0.05, 0) is 49.4 Å². The minimum atomic E-state index is -4.72. The highest BCUT2D eigenvalue weighted by molar-refractivity contribution is 7.92. The molecule has 0 aliphatic carbocycles. The molecule has 0 fully saturated rings. The third-order valence-electron chi connectivity index (χ3n) is 5.00. The van der Waals surface area contributed by atoms with Gasteiger partial charge in [0.05, 0.1) is 29.5 Å². The Kier molecular flexibility index (Phi) is 7.88. The second-order valence-corrected chi connectivity index (χ2v) is 9.43. The first-order chi connectivity index (χ1) is 16.9. The number of aromatic hydroxyl groups is 1. The van der Waals surface area contributed by atoms with E-state index in [1.807, 2.05) is 0 Å². The number of anilines is 1. The Balaban J connectivity index is 1.92. The maximum Gasteiger partial charge on any atom is 0.416 e. The lowest BCUT2D eigenvalue weighted by Crippen LogP contribution is -2.39. The van der Waals surface area contributed by atoms with Crippen LogP contribution in [0.2, 0.25) is 0 Å². The zero-order valence-corrected chi connectivity index (χ0v) is 20.0. The third-order valence-corrected chi connectivity index (χ3v) is 6.79. The molecule has 0 unspecified atom stereocenters. The Labute approximate surface area is 205 Å². The third kappa shape index (κ3) is 6.13. The van der Waals surface area contributed by atoms with Crippen molar-refractivity contribution in [3.05, 3.63) is 83.4 Å². The van der Waals surface area contributed by atoms with Gasteiger partial charge in [0.2, 0.25) is 0 Å². The van der Waals surface area contributed by atoms with Gasteiger partial charge in [-0.1, -0.05) is 29.8 Å². The number of hydrogen-bond acceptors (Lipinski definition) is 6. The number of phenols is 1. The molecule has 8 nitrogen and oxygen atoms in total. The summed E-state index contributed by atoms with van der Waals surface area (Å²) in [6.07, 6.45) is -3.61. The molecule has 2 N–H and O–H groups in total. The standard InChI is InChI=1S/C24H22F3N3O5S/c1-16-9-11-20(12-10-16)36(33,34)30(19-7-4-6-18(13-19)24(25,26)27)15-22(31)29-28-14-17-5-3-8-21(35-2)23(17)32/h3-14,32H,15H2,1-2H3,(H,29,31)/b28-14-. The summed E-state index contributed by atoms with van der Waals surface area (Å²) in [5.41, 5.74) is 1.67. The summed E-state index contributed by atoms with van der Waals surface area (Å²) < 4.78 is 72.0. The molecular formula is C24H22F3N3O5S. The number of amides is 1. The van der Waals surface area contributed by atoms with Crippen molar-refractivity contribution in [3.63, 3.8) is 0 Å². The van der Waals surface area contributed by atoms with Crippen LogP contribution in [0.3, 0.4) is 0 Å². The monoisotopic (exact) mass is 521 g/mol. The molecule has 1 amide bonds. The molecule has 0 bridgehead atoms. The van der Waals surface area contributed by atoms with E-state index in [1.165, 1.54) is 43.5 Å². The number of sulfonamides is 1. The van der Waals surface area contributed by atoms with Crippen molar-refractivity contribution in [2.75, 3.05) is 18.0 Å². The molecule has 0 spiro atoms. The minimum absolute atomic E-state index is 0.171. The Morgan fingerprint density at radius 3 is 2.42 bits per heavy atom. The lowest BCUT2D eigenvalue weighted by Gasteiger charge is -2.24. The zero-order chi connectivity index (χ0) is 26.5. The van der Waals surface area contributed by atoms with Crippen molar-refractivity contribution in [2.45, 2.75) is 18.0 Å². The smallest absolute Gasteiger partial charge is 0.416 e. The van der Waals surface area contributed by atoms with E-state index < -0.39 is 34.2 Å². The van der Waals surface area contributed by atoms with Gasteiger partial charge >= 0.3 is 6.18 Å². The molecule has 3 aromatic carbocycles. The number of halogens is 3. The SMILES string of the molecule is COc1cccc(/C=N\NC(=O)CN(c2cccc(C(F)(F)F)c2)S(=O)(=O)c2ccc(C)cc2)c1O. The van der Waals surface area contributed by atoms with Gasteiger partial charge in [0.1, 0.15) is 6.54 Å². The van der Waals surface area contributed by atoms with E-state index in [1.54, 1.807) is 13.0 Å². The normalized spacial score (nSPS) is 11.9. The van der Waals surface area contributed by atoms with E-state index in [4.69, 9.17) is 4.74 Å². The molecule has 0 heterocycles. The van der Waals surface area contributed by atoms with E-state index in [-0.39, 0.29) is 27.6 Å². The Morgan fingerprint density at radius 1 is 1.11 bits per heavy atom. The molecule has 0 aromatic heterocycles. The van der Waals surface area contributed by atoms with Crippen LogP contribution >= 0.6 is 0 Å². The summed E-state index contributed by atoms with van der Waals surface area (Å²) >= 11 is 0. The highest BCUT2D eigenvalue weighted by Gasteiger charge is 2.33. The van der Waals surface area contributed by atoms with Crippen molar-refractivity contribution in [1.82, 2.24) is 5.43 Å². The second-order valence-electron chi connectivity index (χ2n) is 7.56. The second kappa shape index (κ2) is 10.7. The van der Waals surface area contributed by atoms with Crippen molar-refractivity contribution < 1.29 is 36.2 Å². The summed E-state index contributed by atoms with van der Waals surface area (Å²) in [4.78, 5) is 12.4. The van der Waals surface area contributed by atoms with Gasteiger partial charge in [0, 0.05) is 5.56 Å². The number of alkyl halides is 3. The Bertz CT molecular complexity index is 1370. The largest absolute Gasteiger partial charge is 0.504 e. The molecule has 0 aliphatic heterocycles. The quantitative estimate of drug-likeness (QED) is 0.343. The molecule has 3 aromatic rings. The molecular weight excluding hydrogens is 499 g/mol. The van der Waals surface area contributed by atoms with Crippen molar-refractivity contribution in [1.29, 1.82) is 0 Å². The summed E-state index contributed by atoms with van der Waals surface area (Å²) in [6, 6.07) is 13.9. The number of nitrogens with one attached hydrogen (secondary N) is 1. The highest BCUT2D eigenvalue weighted by Crippen LogP contribution is 2.33. The summed E-state index contributed by atoms with van der Waals surface area (Å²) in [5.74, 6) is -0.988. The predicted octanol–water partition coefficient (Wildman–Crippen LogP) is 4.07. The van der Waals surface area contributed by atoms with Gasteiger partial charge in [-0.2, -0.15) is 18.3 Å². The lowest BCUT2D eigenvalue weighted by molar-refractivity contribution is -0.137. The minimum Gasteiger partial charge on any atom is -0.504 e. The number of hydrogen-bond donors (Lipinski definition) is 2. The van der Waals surface area contributed by atoms with Crippen LogP contribution in [0.1, 0.15) is 16.7 Å². The molecule has 0 radical (unpaired) electrons. The lowest BCUT2D eigenvalue weighted by atomic mass is 10.2. The number of nitrogens with zero attached hydrogens (tertiary/aromatic N) is 2. The highest BCUT2D eigenvalue weighted by atomic mass is 32.2. The van der Waals surface area contributed by atoms with Crippen LogP contribution in [0.4, 0.5) is 18.9 Å². The number of benzene rings is 3. The zero-order valence-electron chi connectivity index (χ0n) is 19.2. The van der Waals surface area contributed by atoms with Crippen molar-refractivity contribution >= 4 is 27.8 Å². The number of hydrazone groups is 1. The van der Waals surface area contributed by atoms with Gasteiger partial charge in [-0.25, -0.2) is 13.8 Å². The summed E-state index contributed by atoms with van der Waals surface area (Å²) in [6.45, 7) is 0.880. The topological polar surface area (TPSA) is 108 Å². The number of para-hydroxylation sites is 1. The van der Waals surface area contributed by atoms with Crippen molar-refractivity contribution in [2.24, 2.45) is 5.10 Å². The average molecular weight is 522 g/mol. The van der Waals surface area contributed by atoms with Gasteiger partial charge in [0.15, 0.2) is 11.5 Å². The molecule has 36 heavy (non-hydrogen) atoms. The fraction of sp³-hybridized carbons (Fsp3) is 0.167. The summed E-state index contributed by atoms with van der Waals surface area (Å²) in [5, 5.41) is 13.8. The average Bonchev–Trinajstić information content (AvgIpc) is 2.83. The van der Waals surface area contributed by atoms with Gasteiger partial charge < -0.3 is 9.84 Å². The molecule has 0 aliphatic rings. The van der Waals surface area contributed by atoms with Gasteiger partial charge in [-0.15, -0.1) is 0 Å². The van der Waals surface area contributed by atoms with Crippen LogP contribution in [0.15, 0.2) is 76.7 Å². The van der Waals surface area contributed by atoms with Crippen LogP contribution in [-0.2, 0) is 21.0 Å². The first kappa shape index (κ1) is 26.5. The molecule has 0 saturated heterocycles. The van der Waals surface area contributed by atoms with Crippen LogP contribution in [0.5, 0.6) is 11.5 Å². The summed E-state index contributed by atoms with van der Waals surface area (Å²) in [7, 11) is -3.07. The number of carbonyl (C=O) groups excluding carboxylic acids is 1. The van der Waals surface area contributed by atoms with Crippen molar-refractivity contribution in [3.8, 4) is 11.5 Å². The van der Waals surface area contributed by atoms with E-state index >= 15 is 0 Å². The van der Waals surface area contributed by atoms with Gasteiger partial charge in [-0.3, -0.25) is 9.10 Å². The Morgan fingerprint density at radius 2 is 1.78 bits per heavy atom. The fourth-order valence-electron chi connectivity index (χ4n) is 3.14. The number of phenolic OH excluding ortho intramolecular Hbond substituents is 1. The number of ether oxygens (including phenoxy) is 1. The maximum atomic E-state index is 13.3. The predicted molar refractivity (Wildman–Crippen MR) is 128 cm³/mol. The first-order valence-electron chi connectivity index (χ1n) is 10.4. The maximum absolute atomic E-state index is 13.3. The molecule has 3 rings (SSSR count). The van der Waals surface area contributed by atoms with Crippen LogP contribution in [0.25, 0.3) is 0 Å². The van der Waals surface area contributed by atoms with Crippen LogP contribution < -0.4 is 14.5 Å². The van der Waals surface area contributed by atoms with Crippen LogP contribution in [-0.4, -0.2) is 39.3 Å². The molecule has 12 heteroatoms. The number of carbonyl (C=O) groups is 1. The van der Waals surface area contributed by atoms with Crippen LogP contribution in [0, 0.1) is 6.92 Å². The number of aryl methyl sites for hydroxylation is 1. The fourth-order valence-corrected chi connectivity index (χ4v) is 4.55. The molecule has 0 atom stereocenters. The number of methoxy groups -OCH3 is 1. The molecule has 190 valence electrons. The van der Waals surface area contributed by atoms with E-state index in [9.17, 15) is 31.5 Å². The van der Waals surface area contributed by atoms with E-state index in [2.05, 4.69) is 10.5 Å². The van der Waals surface area contributed by atoms with Gasteiger partial charge in [0.25, 0.3) is 15.9 Å².